The van der Waals surface area contributed by atoms with Gasteiger partial charge in [-0.05, 0) is 26.0 Å². The highest BCUT2D eigenvalue weighted by molar-refractivity contribution is 5.80. The molecule has 0 saturated carbocycles. The molecule has 7 heteroatoms. The van der Waals surface area contributed by atoms with Gasteiger partial charge in [0.2, 0.25) is 11.8 Å². The van der Waals surface area contributed by atoms with E-state index in [4.69, 9.17) is 4.42 Å². The summed E-state index contributed by atoms with van der Waals surface area (Å²) < 4.78 is 5.81. The Bertz CT molecular complexity index is 678. The van der Waals surface area contributed by atoms with Crippen LogP contribution in [0.4, 0.5) is 0 Å². The molecule has 7 nitrogen and oxygen atoms in total. The van der Waals surface area contributed by atoms with Crippen LogP contribution in [0.2, 0.25) is 0 Å². The first-order chi connectivity index (χ1) is 11.6. The quantitative estimate of drug-likeness (QED) is 0.910. The molecular weight excluding hydrogens is 308 g/mol. The van der Waals surface area contributed by atoms with E-state index in [1.54, 1.807) is 4.90 Å². The fraction of sp³-hybridized carbons (Fsp3) is 0.471. The zero-order valence-corrected chi connectivity index (χ0v) is 13.9. The van der Waals surface area contributed by atoms with Gasteiger partial charge in [0.15, 0.2) is 0 Å². The van der Waals surface area contributed by atoms with Gasteiger partial charge in [0.1, 0.15) is 6.10 Å². The fourth-order valence-electron chi connectivity index (χ4n) is 2.85. The number of aliphatic hydroxyl groups is 1. The van der Waals surface area contributed by atoms with Gasteiger partial charge in [-0.15, -0.1) is 10.2 Å². The van der Waals surface area contributed by atoms with Gasteiger partial charge in [-0.3, -0.25) is 9.69 Å². The third-order valence-electron chi connectivity index (χ3n) is 4.35. The van der Waals surface area contributed by atoms with Crippen LogP contribution < -0.4 is 0 Å². The maximum atomic E-state index is 11.8. The molecule has 1 amide bonds. The van der Waals surface area contributed by atoms with Crippen molar-refractivity contribution in [2.24, 2.45) is 0 Å². The lowest BCUT2D eigenvalue weighted by atomic mass is 10.2. The summed E-state index contributed by atoms with van der Waals surface area (Å²) in [7, 11) is 0. The van der Waals surface area contributed by atoms with Crippen molar-refractivity contribution in [1.82, 2.24) is 20.0 Å². The Morgan fingerprint density at radius 3 is 2.42 bits per heavy atom. The molecule has 2 heterocycles. The number of rotatable bonds is 4. The molecule has 128 valence electrons. The van der Waals surface area contributed by atoms with Crippen LogP contribution in [0.5, 0.6) is 0 Å². The van der Waals surface area contributed by atoms with E-state index in [2.05, 4.69) is 15.1 Å². The Morgan fingerprint density at radius 2 is 1.79 bits per heavy atom. The van der Waals surface area contributed by atoms with Gasteiger partial charge in [-0.25, -0.2) is 0 Å². The predicted molar refractivity (Wildman–Crippen MR) is 88.0 cm³/mol. The smallest absolute Gasteiger partial charge is 0.251 e. The molecule has 1 N–H and O–H groups in total. The monoisotopic (exact) mass is 330 g/mol. The summed E-state index contributed by atoms with van der Waals surface area (Å²) in [5.41, 5.74) is 0.899. The molecule has 1 saturated heterocycles. The lowest BCUT2D eigenvalue weighted by Gasteiger charge is -2.37. The van der Waals surface area contributed by atoms with Crippen molar-refractivity contribution in [2.45, 2.75) is 26.0 Å². The first kappa shape index (κ1) is 16.6. The van der Waals surface area contributed by atoms with E-state index >= 15 is 0 Å². The third kappa shape index (κ3) is 3.47. The number of hydrogen-bond acceptors (Lipinski definition) is 6. The van der Waals surface area contributed by atoms with E-state index in [0.717, 1.165) is 5.56 Å². The number of piperazine rings is 1. The van der Waals surface area contributed by atoms with Crippen LogP contribution in [-0.4, -0.2) is 63.3 Å². The average molecular weight is 330 g/mol. The summed E-state index contributed by atoms with van der Waals surface area (Å²) in [6.45, 7) is 6.13. The van der Waals surface area contributed by atoms with Crippen molar-refractivity contribution in [1.29, 1.82) is 0 Å². The number of carbonyl (C=O) groups is 1. The van der Waals surface area contributed by atoms with Crippen LogP contribution in [0.15, 0.2) is 34.7 Å². The minimum Gasteiger partial charge on any atom is -0.419 e. The van der Waals surface area contributed by atoms with Crippen LogP contribution in [0, 0.1) is 0 Å². The van der Waals surface area contributed by atoms with Crippen molar-refractivity contribution in [3.8, 4) is 11.5 Å². The first-order valence-electron chi connectivity index (χ1n) is 8.16. The van der Waals surface area contributed by atoms with Gasteiger partial charge in [0, 0.05) is 31.7 Å². The second-order valence-electron chi connectivity index (χ2n) is 6.02. The Hall–Kier alpha value is -2.25. The zero-order chi connectivity index (χ0) is 17.1. The minimum absolute atomic E-state index is 0.0150. The summed E-state index contributed by atoms with van der Waals surface area (Å²) in [4.78, 5) is 15.7. The molecule has 0 bridgehead atoms. The first-order valence-corrected chi connectivity index (χ1v) is 8.16. The predicted octanol–water partition coefficient (Wildman–Crippen LogP) is 1.32. The Labute approximate surface area is 140 Å². The molecule has 2 unspecified atom stereocenters. The van der Waals surface area contributed by atoms with Crippen LogP contribution >= 0.6 is 0 Å². The summed E-state index contributed by atoms with van der Waals surface area (Å²) in [6.07, 6.45) is -0.946. The molecule has 0 aliphatic carbocycles. The number of carbonyl (C=O) groups excluding carboxylic acids is 1. The molecule has 1 aromatic heterocycles. The van der Waals surface area contributed by atoms with Crippen LogP contribution in [0.3, 0.4) is 0 Å². The lowest BCUT2D eigenvalue weighted by molar-refractivity contribution is -0.141. The molecule has 3 rings (SSSR count). The molecule has 2 aromatic rings. The molecule has 24 heavy (non-hydrogen) atoms. The van der Waals surface area contributed by atoms with E-state index in [0.29, 0.717) is 38.0 Å². The maximum Gasteiger partial charge on any atom is 0.251 e. The average Bonchev–Trinajstić information content (AvgIpc) is 3.11. The van der Waals surface area contributed by atoms with Crippen molar-refractivity contribution in [3.05, 3.63) is 36.2 Å². The normalized spacial score (nSPS) is 18.4. The minimum atomic E-state index is -0.946. The summed E-state index contributed by atoms with van der Waals surface area (Å²) in [5.74, 6) is 0.871. The molecule has 1 aromatic carbocycles. The highest BCUT2D eigenvalue weighted by Gasteiger charge is 2.28. The third-order valence-corrected chi connectivity index (χ3v) is 4.35. The second kappa shape index (κ2) is 7.11. The molecule has 2 atom stereocenters. The van der Waals surface area contributed by atoms with E-state index in [-0.39, 0.29) is 11.9 Å². The lowest BCUT2D eigenvalue weighted by Crippen LogP contribution is -2.51. The van der Waals surface area contributed by atoms with Gasteiger partial charge in [-0.2, -0.15) is 0 Å². The number of nitrogens with zero attached hydrogens (tertiary/aromatic N) is 4. The number of aromatic nitrogens is 2. The Morgan fingerprint density at radius 1 is 1.12 bits per heavy atom. The van der Waals surface area contributed by atoms with Crippen molar-refractivity contribution < 1.29 is 14.3 Å². The maximum absolute atomic E-state index is 11.8. The van der Waals surface area contributed by atoms with Gasteiger partial charge in [0.25, 0.3) is 5.91 Å². The van der Waals surface area contributed by atoms with E-state index < -0.39 is 6.10 Å². The highest BCUT2D eigenvalue weighted by Crippen LogP contribution is 2.24. The second-order valence-corrected chi connectivity index (χ2v) is 6.02. The van der Waals surface area contributed by atoms with Crippen LogP contribution in [0.1, 0.15) is 25.8 Å². The molecule has 0 radical (unpaired) electrons. The van der Waals surface area contributed by atoms with Gasteiger partial charge in [-0.1, -0.05) is 18.2 Å². The highest BCUT2D eigenvalue weighted by atomic mass is 16.4. The standard InChI is InChI=1S/C17H22N4O3/c1-12(20-8-10-21(11-9-20)17(23)13(2)22)15-18-19-16(24-15)14-6-4-3-5-7-14/h3-7,12-13,22H,8-11H2,1-2H3. The zero-order valence-electron chi connectivity index (χ0n) is 13.9. The van der Waals surface area contributed by atoms with Crippen molar-refractivity contribution in [3.63, 3.8) is 0 Å². The largest absolute Gasteiger partial charge is 0.419 e. The van der Waals surface area contributed by atoms with E-state index in [9.17, 15) is 9.90 Å². The molecule has 1 fully saturated rings. The number of hydrogen-bond donors (Lipinski definition) is 1. The van der Waals surface area contributed by atoms with Gasteiger partial charge >= 0.3 is 0 Å². The molecule has 1 aliphatic heterocycles. The molecule has 1 aliphatic rings. The molecular formula is C17H22N4O3. The number of amides is 1. The van der Waals surface area contributed by atoms with Gasteiger partial charge in [0.05, 0.1) is 6.04 Å². The molecule has 0 spiro atoms. The fourth-order valence-corrected chi connectivity index (χ4v) is 2.85. The Balaban J connectivity index is 1.63. The van der Waals surface area contributed by atoms with Crippen molar-refractivity contribution in [2.75, 3.05) is 26.2 Å². The van der Waals surface area contributed by atoms with Crippen molar-refractivity contribution >= 4 is 5.91 Å². The Kier molecular flexibility index (Phi) is 4.92. The SMILES string of the molecule is CC(O)C(=O)N1CCN(C(C)c2nnc(-c3ccccc3)o2)CC1. The number of benzene rings is 1. The summed E-state index contributed by atoms with van der Waals surface area (Å²) in [5, 5.41) is 17.7. The van der Waals surface area contributed by atoms with Crippen LogP contribution in [-0.2, 0) is 4.79 Å². The van der Waals surface area contributed by atoms with E-state index in [1.165, 1.54) is 6.92 Å². The topological polar surface area (TPSA) is 82.7 Å². The van der Waals surface area contributed by atoms with E-state index in [1.807, 2.05) is 37.3 Å². The number of aliphatic hydroxyl groups excluding tert-OH is 1. The van der Waals surface area contributed by atoms with Gasteiger partial charge < -0.3 is 14.4 Å². The summed E-state index contributed by atoms with van der Waals surface area (Å²) in [6, 6.07) is 9.66. The summed E-state index contributed by atoms with van der Waals surface area (Å²) >= 11 is 0. The van der Waals surface area contributed by atoms with Crippen LogP contribution in [0.25, 0.3) is 11.5 Å².